The van der Waals surface area contributed by atoms with E-state index in [0.717, 1.165) is 5.56 Å². The number of rotatable bonds is 6. The number of carbonyl (C=O) groups is 1. The minimum atomic E-state index is -3.79. The maximum absolute atomic E-state index is 12.5. The molecule has 1 amide bonds. The number of hydrogen-bond acceptors (Lipinski definition) is 4. The molecule has 7 heteroatoms. The normalized spacial score (nSPS) is 11.1. The van der Waals surface area contributed by atoms with E-state index in [-0.39, 0.29) is 10.5 Å². The zero-order valence-electron chi connectivity index (χ0n) is 13.8. The second kappa shape index (κ2) is 7.46. The Balaban J connectivity index is 2.32. The summed E-state index contributed by atoms with van der Waals surface area (Å²) in [5.41, 5.74) is 4.58. The molecule has 0 heterocycles. The van der Waals surface area contributed by atoms with Crippen LogP contribution in [0.15, 0.2) is 47.4 Å². The summed E-state index contributed by atoms with van der Waals surface area (Å²) in [5, 5.41) is 0. The minimum absolute atomic E-state index is 0.0104. The van der Waals surface area contributed by atoms with Gasteiger partial charge in [0.25, 0.3) is 15.9 Å². The van der Waals surface area contributed by atoms with Gasteiger partial charge in [0.15, 0.2) is 0 Å². The van der Waals surface area contributed by atoms with Crippen LogP contribution >= 0.6 is 0 Å². The Morgan fingerprint density at radius 1 is 1.12 bits per heavy atom. The lowest BCUT2D eigenvalue weighted by Crippen LogP contribution is -2.25. The van der Waals surface area contributed by atoms with Crippen LogP contribution in [0.5, 0.6) is 0 Å². The third-order valence-electron chi connectivity index (χ3n) is 3.34. The summed E-state index contributed by atoms with van der Waals surface area (Å²) in [6.45, 7) is 5.66. The van der Waals surface area contributed by atoms with Crippen LogP contribution in [-0.4, -0.2) is 20.9 Å². The predicted molar refractivity (Wildman–Crippen MR) is 92.3 cm³/mol. The maximum Gasteiger partial charge on any atom is 0.275 e. The van der Waals surface area contributed by atoms with E-state index in [2.05, 4.69) is 10.2 Å². The lowest BCUT2D eigenvalue weighted by molar-refractivity contribution is 0.0364. The SMILES string of the molecule is CCONC(=O)c1cc(S(=O)(=O)Nc2cccc(C)c2)ccc1C. The Bertz CT molecular complexity index is 847. The standard InChI is InChI=1S/C17H20N2O4S/c1-4-23-18-17(20)16-11-15(9-8-13(16)3)24(21,22)19-14-7-5-6-12(2)10-14/h5-11,19H,4H2,1-3H3,(H,18,20). The molecule has 0 atom stereocenters. The van der Waals surface area contributed by atoms with Crippen LogP contribution in [-0.2, 0) is 14.9 Å². The highest BCUT2D eigenvalue weighted by Gasteiger charge is 2.18. The first kappa shape index (κ1) is 18.0. The Kier molecular flexibility index (Phi) is 5.58. The average molecular weight is 348 g/mol. The van der Waals surface area contributed by atoms with Crippen molar-refractivity contribution in [3.8, 4) is 0 Å². The van der Waals surface area contributed by atoms with Crippen LogP contribution in [0.1, 0.15) is 28.4 Å². The van der Waals surface area contributed by atoms with Gasteiger partial charge >= 0.3 is 0 Å². The third kappa shape index (κ3) is 4.33. The number of carbonyl (C=O) groups excluding carboxylic acids is 1. The fraction of sp³-hybridized carbons (Fsp3) is 0.235. The van der Waals surface area contributed by atoms with Gasteiger partial charge in [-0.1, -0.05) is 18.2 Å². The second-order valence-corrected chi connectivity index (χ2v) is 7.00. The van der Waals surface area contributed by atoms with Crippen molar-refractivity contribution in [2.75, 3.05) is 11.3 Å². The summed E-state index contributed by atoms with van der Waals surface area (Å²) in [7, 11) is -3.79. The minimum Gasteiger partial charge on any atom is -0.280 e. The van der Waals surface area contributed by atoms with Gasteiger partial charge in [-0.2, -0.15) is 0 Å². The van der Waals surface area contributed by atoms with Crippen molar-refractivity contribution in [1.29, 1.82) is 0 Å². The summed E-state index contributed by atoms with van der Waals surface area (Å²) in [5.74, 6) is -0.484. The molecule has 0 aliphatic heterocycles. The van der Waals surface area contributed by atoms with Gasteiger partial charge in [-0.15, -0.1) is 0 Å². The zero-order chi connectivity index (χ0) is 17.7. The van der Waals surface area contributed by atoms with E-state index in [1.807, 2.05) is 13.0 Å². The molecule has 0 aromatic heterocycles. The molecule has 2 aromatic carbocycles. The third-order valence-corrected chi connectivity index (χ3v) is 4.72. The molecule has 0 aliphatic rings. The predicted octanol–water partition coefficient (Wildman–Crippen LogP) is 2.79. The molecule has 0 bridgehead atoms. The molecule has 0 unspecified atom stereocenters. The summed E-state index contributed by atoms with van der Waals surface area (Å²) in [6.07, 6.45) is 0. The number of hydrogen-bond donors (Lipinski definition) is 2. The highest BCUT2D eigenvalue weighted by atomic mass is 32.2. The van der Waals surface area contributed by atoms with Crippen LogP contribution in [0, 0.1) is 13.8 Å². The van der Waals surface area contributed by atoms with Gasteiger partial charge in [0, 0.05) is 11.3 Å². The lowest BCUT2D eigenvalue weighted by atomic mass is 10.1. The monoisotopic (exact) mass is 348 g/mol. The van der Waals surface area contributed by atoms with E-state index in [1.54, 1.807) is 38.1 Å². The average Bonchev–Trinajstić information content (AvgIpc) is 2.52. The van der Waals surface area contributed by atoms with Gasteiger partial charge in [-0.05, 0) is 56.2 Å². The largest absolute Gasteiger partial charge is 0.280 e. The van der Waals surface area contributed by atoms with Crippen molar-refractivity contribution in [3.05, 3.63) is 59.2 Å². The number of nitrogens with one attached hydrogen (secondary N) is 2. The molecule has 2 rings (SSSR count). The van der Waals surface area contributed by atoms with Gasteiger partial charge in [0.2, 0.25) is 0 Å². The van der Waals surface area contributed by atoms with Gasteiger partial charge in [-0.25, -0.2) is 13.9 Å². The highest BCUT2D eigenvalue weighted by Crippen LogP contribution is 2.20. The smallest absolute Gasteiger partial charge is 0.275 e. The van der Waals surface area contributed by atoms with Gasteiger partial charge in [0.05, 0.1) is 11.5 Å². The number of sulfonamides is 1. The van der Waals surface area contributed by atoms with Crippen molar-refractivity contribution in [1.82, 2.24) is 5.48 Å². The number of amides is 1. The molecule has 0 aliphatic carbocycles. The first-order chi connectivity index (χ1) is 11.3. The molecule has 0 fully saturated rings. The van der Waals surface area contributed by atoms with Gasteiger partial charge in [0.1, 0.15) is 0 Å². The first-order valence-electron chi connectivity index (χ1n) is 7.46. The molecule has 6 nitrogen and oxygen atoms in total. The van der Waals surface area contributed by atoms with Crippen LogP contribution in [0.3, 0.4) is 0 Å². The topological polar surface area (TPSA) is 84.5 Å². The van der Waals surface area contributed by atoms with Crippen LogP contribution in [0.2, 0.25) is 0 Å². The number of anilines is 1. The molecule has 0 radical (unpaired) electrons. The first-order valence-corrected chi connectivity index (χ1v) is 8.94. The van der Waals surface area contributed by atoms with Crippen molar-refractivity contribution < 1.29 is 18.0 Å². The Morgan fingerprint density at radius 2 is 1.88 bits per heavy atom. The van der Waals surface area contributed by atoms with Crippen LogP contribution < -0.4 is 10.2 Å². The van der Waals surface area contributed by atoms with Crippen molar-refractivity contribution in [3.63, 3.8) is 0 Å². The summed E-state index contributed by atoms with van der Waals surface area (Å²) in [6, 6.07) is 11.4. The highest BCUT2D eigenvalue weighted by molar-refractivity contribution is 7.92. The lowest BCUT2D eigenvalue weighted by Gasteiger charge is -2.12. The van der Waals surface area contributed by atoms with Gasteiger partial charge < -0.3 is 0 Å². The van der Waals surface area contributed by atoms with E-state index >= 15 is 0 Å². The molecule has 2 N–H and O–H groups in total. The van der Waals surface area contributed by atoms with Crippen molar-refractivity contribution in [2.45, 2.75) is 25.7 Å². The molecular formula is C17H20N2O4S. The van der Waals surface area contributed by atoms with E-state index in [0.29, 0.717) is 17.9 Å². The molecule has 24 heavy (non-hydrogen) atoms. The summed E-state index contributed by atoms with van der Waals surface area (Å²) >= 11 is 0. The number of benzene rings is 2. The van der Waals surface area contributed by atoms with E-state index in [1.165, 1.54) is 12.1 Å². The van der Waals surface area contributed by atoms with E-state index < -0.39 is 15.9 Å². The van der Waals surface area contributed by atoms with Gasteiger partial charge in [-0.3, -0.25) is 14.4 Å². The quantitative estimate of drug-likeness (QED) is 0.786. The molecule has 2 aromatic rings. The molecule has 0 spiro atoms. The van der Waals surface area contributed by atoms with E-state index in [4.69, 9.17) is 4.84 Å². The van der Waals surface area contributed by atoms with Crippen molar-refractivity contribution in [2.24, 2.45) is 0 Å². The zero-order valence-corrected chi connectivity index (χ0v) is 14.6. The fourth-order valence-corrected chi connectivity index (χ4v) is 3.20. The Labute approximate surface area is 141 Å². The Hall–Kier alpha value is -2.38. The van der Waals surface area contributed by atoms with Crippen molar-refractivity contribution >= 4 is 21.6 Å². The molecule has 0 saturated heterocycles. The van der Waals surface area contributed by atoms with Crippen LogP contribution in [0.4, 0.5) is 5.69 Å². The fourth-order valence-electron chi connectivity index (χ4n) is 2.13. The maximum atomic E-state index is 12.5. The summed E-state index contributed by atoms with van der Waals surface area (Å²) < 4.78 is 27.6. The second-order valence-electron chi connectivity index (χ2n) is 5.32. The molecule has 0 saturated carbocycles. The summed E-state index contributed by atoms with van der Waals surface area (Å²) in [4.78, 5) is 16.9. The Morgan fingerprint density at radius 3 is 2.54 bits per heavy atom. The number of hydroxylamine groups is 1. The van der Waals surface area contributed by atoms with Crippen LogP contribution in [0.25, 0.3) is 0 Å². The molecule has 128 valence electrons. The van der Waals surface area contributed by atoms with E-state index in [9.17, 15) is 13.2 Å². The number of aryl methyl sites for hydroxylation is 2. The molecular weight excluding hydrogens is 328 g/mol.